The number of hydrogen-bond acceptors (Lipinski definition) is 3. The number of ether oxygens (including phenoxy) is 1. The molecule has 0 radical (unpaired) electrons. The predicted molar refractivity (Wildman–Crippen MR) is 89.2 cm³/mol. The van der Waals surface area contributed by atoms with Gasteiger partial charge in [0.1, 0.15) is 0 Å². The van der Waals surface area contributed by atoms with E-state index in [1.54, 1.807) is 30.0 Å². The molecule has 1 saturated carbocycles. The van der Waals surface area contributed by atoms with Gasteiger partial charge in [-0.05, 0) is 56.0 Å². The minimum Gasteiger partial charge on any atom is -0.383 e. The van der Waals surface area contributed by atoms with E-state index in [1.807, 2.05) is 19.1 Å². The van der Waals surface area contributed by atoms with Crippen molar-refractivity contribution in [2.45, 2.75) is 25.8 Å². The molecule has 3 rings (SSSR count). The van der Waals surface area contributed by atoms with E-state index in [0.717, 1.165) is 24.2 Å². The van der Waals surface area contributed by atoms with Crippen LogP contribution < -0.4 is 5.32 Å². The Kier molecular flexibility index (Phi) is 4.68. The highest BCUT2D eigenvalue weighted by molar-refractivity contribution is 6.30. The normalized spacial score (nSPS) is 15.4. The molecule has 1 aliphatic carbocycles. The van der Waals surface area contributed by atoms with Gasteiger partial charge in [-0.3, -0.25) is 4.79 Å². The van der Waals surface area contributed by atoms with Crippen LogP contribution in [-0.2, 0) is 4.74 Å². The Bertz CT molecular complexity index is 692. The van der Waals surface area contributed by atoms with E-state index in [4.69, 9.17) is 16.3 Å². The first-order valence-corrected chi connectivity index (χ1v) is 8.08. The van der Waals surface area contributed by atoms with Crippen LogP contribution in [0.2, 0.25) is 5.02 Å². The average Bonchev–Trinajstić information content (AvgIpc) is 3.30. The average molecular weight is 334 g/mol. The zero-order valence-corrected chi connectivity index (χ0v) is 14.0. The predicted octanol–water partition coefficient (Wildman–Crippen LogP) is 2.99. The summed E-state index contributed by atoms with van der Waals surface area (Å²) < 4.78 is 6.94. The summed E-state index contributed by atoms with van der Waals surface area (Å²) in [4.78, 5) is 12.4. The third-order valence-electron chi connectivity index (χ3n) is 4.05. The maximum Gasteiger partial charge on any atom is 0.272 e. The number of nitrogens with zero attached hydrogens (tertiary/aromatic N) is 2. The van der Waals surface area contributed by atoms with E-state index in [2.05, 4.69) is 10.4 Å². The molecule has 2 aromatic rings. The van der Waals surface area contributed by atoms with Crippen molar-refractivity contribution in [2.75, 3.05) is 13.7 Å². The van der Waals surface area contributed by atoms with Gasteiger partial charge in [-0.1, -0.05) is 11.6 Å². The summed E-state index contributed by atoms with van der Waals surface area (Å²) in [6.45, 7) is 2.46. The molecule has 1 amide bonds. The van der Waals surface area contributed by atoms with Gasteiger partial charge in [0, 0.05) is 17.8 Å². The minimum atomic E-state index is -0.158. The van der Waals surface area contributed by atoms with Gasteiger partial charge >= 0.3 is 0 Å². The number of methoxy groups -OCH3 is 1. The van der Waals surface area contributed by atoms with Crippen LogP contribution in [-0.4, -0.2) is 35.4 Å². The van der Waals surface area contributed by atoms with E-state index in [9.17, 15) is 4.79 Å². The molecular weight excluding hydrogens is 314 g/mol. The molecular formula is C17H20ClN3O2. The van der Waals surface area contributed by atoms with Gasteiger partial charge < -0.3 is 10.1 Å². The van der Waals surface area contributed by atoms with Crippen LogP contribution in [0.5, 0.6) is 0 Å². The fraction of sp³-hybridized carbons (Fsp3) is 0.412. The van der Waals surface area contributed by atoms with Crippen molar-refractivity contribution in [3.8, 4) is 5.69 Å². The Morgan fingerprint density at radius 2 is 2.13 bits per heavy atom. The molecule has 1 atom stereocenters. The number of amides is 1. The molecule has 5 nitrogen and oxygen atoms in total. The fourth-order valence-electron chi connectivity index (χ4n) is 2.65. The topological polar surface area (TPSA) is 56.1 Å². The molecule has 1 aromatic heterocycles. The highest BCUT2D eigenvalue weighted by Crippen LogP contribution is 2.32. The lowest BCUT2D eigenvalue weighted by Gasteiger charge is -2.16. The third kappa shape index (κ3) is 3.74. The van der Waals surface area contributed by atoms with Crippen LogP contribution in [0.25, 0.3) is 5.69 Å². The lowest BCUT2D eigenvalue weighted by molar-refractivity contribution is 0.0878. The quantitative estimate of drug-likeness (QED) is 0.884. The second kappa shape index (κ2) is 6.72. The molecule has 0 aliphatic heterocycles. The lowest BCUT2D eigenvalue weighted by atomic mass is 10.2. The summed E-state index contributed by atoms with van der Waals surface area (Å²) in [7, 11) is 1.65. The Morgan fingerprint density at radius 3 is 2.74 bits per heavy atom. The van der Waals surface area contributed by atoms with Crippen molar-refractivity contribution in [1.82, 2.24) is 15.1 Å². The molecule has 6 heteroatoms. The Morgan fingerprint density at radius 1 is 1.43 bits per heavy atom. The van der Waals surface area contributed by atoms with Gasteiger partial charge in [-0.15, -0.1) is 0 Å². The highest BCUT2D eigenvalue weighted by Gasteiger charge is 2.32. The van der Waals surface area contributed by atoms with Crippen molar-refractivity contribution >= 4 is 17.5 Å². The highest BCUT2D eigenvalue weighted by atomic mass is 35.5. The van der Waals surface area contributed by atoms with Crippen molar-refractivity contribution in [3.05, 3.63) is 46.7 Å². The lowest BCUT2D eigenvalue weighted by Crippen LogP contribution is -2.39. The standard InChI is InChI=1S/C17H20ClN3O2/c1-11-9-15(17(22)19-16(10-23-2)12-3-4-12)20-21(11)14-7-5-13(18)6-8-14/h5-9,12,16H,3-4,10H2,1-2H3,(H,19,22). The number of aryl methyl sites for hydroxylation is 1. The van der Waals surface area contributed by atoms with Crippen LogP contribution in [0.15, 0.2) is 30.3 Å². The number of nitrogens with one attached hydrogen (secondary N) is 1. The monoisotopic (exact) mass is 333 g/mol. The van der Waals surface area contributed by atoms with Crippen molar-refractivity contribution in [2.24, 2.45) is 5.92 Å². The number of carbonyl (C=O) groups excluding carboxylic acids is 1. The van der Waals surface area contributed by atoms with Gasteiger partial charge in [0.15, 0.2) is 5.69 Å². The molecule has 1 N–H and O–H groups in total. The van der Waals surface area contributed by atoms with Crippen LogP contribution >= 0.6 is 11.6 Å². The Labute approximate surface area is 140 Å². The van der Waals surface area contributed by atoms with Crippen molar-refractivity contribution in [3.63, 3.8) is 0 Å². The third-order valence-corrected chi connectivity index (χ3v) is 4.30. The van der Waals surface area contributed by atoms with Gasteiger partial charge in [0.05, 0.1) is 18.3 Å². The first-order valence-electron chi connectivity index (χ1n) is 7.71. The van der Waals surface area contributed by atoms with Crippen LogP contribution in [0.3, 0.4) is 0 Å². The zero-order chi connectivity index (χ0) is 16.4. The summed E-state index contributed by atoms with van der Waals surface area (Å²) in [5.41, 5.74) is 2.19. The smallest absolute Gasteiger partial charge is 0.272 e. The summed E-state index contributed by atoms with van der Waals surface area (Å²) in [5.74, 6) is 0.369. The minimum absolute atomic E-state index is 0.0634. The summed E-state index contributed by atoms with van der Waals surface area (Å²) in [6, 6.07) is 9.22. The first kappa shape index (κ1) is 16.0. The second-order valence-electron chi connectivity index (χ2n) is 5.93. The largest absolute Gasteiger partial charge is 0.383 e. The number of aromatic nitrogens is 2. The van der Waals surface area contributed by atoms with E-state index in [1.165, 1.54) is 0 Å². The second-order valence-corrected chi connectivity index (χ2v) is 6.37. The number of hydrogen-bond donors (Lipinski definition) is 1. The summed E-state index contributed by atoms with van der Waals surface area (Å²) in [6.07, 6.45) is 2.29. The number of halogens is 1. The molecule has 0 saturated heterocycles. The van der Waals surface area contributed by atoms with E-state index in [-0.39, 0.29) is 11.9 Å². The summed E-state index contributed by atoms with van der Waals surface area (Å²) >= 11 is 5.91. The molecule has 0 bridgehead atoms. The van der Waals surface area contributed by atoms with Crippen LogP contribution in [0, 0.1) is 12.8 Å². The maximum atomic E-state index is 12.4. The SMILES string of the molecule is COCC(NC(=O)c1cc(C)n(-c2ccc(Cl)cc2)n1)C1CC1. The Balaban J connectivity index is 1.76. The van der Waals surface area contributed by atoms with Gasteiger partial charge in [-0.2, -0.15) is 5.10 Å². The Hall–Kier alpha value is -1.85. The molecule has 1 aromatic carbocycles. The zero-order valence-electron chi connectivity index (χ0n) is 13.3. The number of rotatable bonds is 6. The molecule has 1 unspecified atom stereocenters. The molecule has 23 heavy (non-hydrogen) atoms. The van der Waals surface area contributed by atoms with E-state index in [0.29, 0.717) is 23.2 Å². The van der Waals surface area contributed by atoms with E-state index < -0.39 is 0 Å². The number of benzene rings is 1. The summed E-state index contributed by atoms with van der Waals surface area (Å²) in [5, 5.41) is 8.13. The molecule has 122 valence electrons. The van der Waals surface area contributed by atoms with Gasteiger partial charge in [0.25, 0.3) is 5.91 Å². The van der Waals surface area contributed by atoms with Gasteiger partial charge in [0.2, 0.25) is 0 Å². The van der Waals surface area contributed by atoms with Crippen LogP contribution in [0.1, 0.15) is 29.0 Å². The van der Waals surface area contributed by atoms with Crippen LogP contribution in [0.4, 0.5) is 0 Å². The molecule has 1 fully saturated rings. The first-order chi connectivity index (χ1) is 11.1. The maximum absolute atomic E-state index is 12.4. The van der Waals surface area contributed by atoms with Crippen molar-refractivity contribution < 1.29 is 9.53 Å². The van der Waals surface area contributed by atoms with Gasteiger partial charge in [-0.25, -0.2) is 4.68 Å². The molecule has 1 heterocycles. The molecule has 1 aliphatic rings. The number of carbonyl (C=O) groups is 1. The van der Waals surface area contributed by atoms with Crippen molar-refractivity contribution in [1.29, 1.82) is 0 Å². The molecule has 0 spiro atoms. The fourth-order valence-corrected chi connectivity index (χ4v) is 2.77. The van der Waals surface area contributed by atoms with E-state index >= 15 is 0 Å².